The number of ether oxygens (including phenoxy) is 2. The van der Waals surface area contributed by atoms with Crippen LogP contribution in [0, 0.1) is 13.8 Å². The first-order valence-corrected chi connectivity index (χ1v) is 8.73. The number of esters is 2. The number of rotatable bonds is 8. The van der Waals surface area contributed by atoms with Crippen LogP contribution in [0.1, 0.15) is 49.4 Å². The molecule has 0 aliphatic heterocycles. The van der Waals surface area contributed by atoms with E-state index in [1.54, 1.807) is 51.1 Å². The minimum atomic E-state index is -0.746. The molecule has 2 N–H and O–H groups in total. The lowest BCUT2D eigenvalue weighted by atomic mass is 10.1. The van der Waals surface area contributed by atoms with Crippen molar-refractivity contribution in [2.75, 3.05) is 19.8 Å². The fourth-order valence-electron chi connectivity index (χ4n) is 2.65. The molecule has 0 atom stereocenters. The van der Waals surface area contributed by atoms with Gasteiger partial charge in [0.2, 0.25) is 5.78 Å². The summed E-state index contributed by atoms with van der Waals surface area (Å²) in [6, 6.07) is 8.41. The molecule has 0 aliphatic carbocycles. The Labute approximate surface area is 162 Å². The molecule has 1 aromatic heterocycles. The second kappa shape index (κ2) is 9.50. The van der Waals surface area contributed by atoms with Crippen molar-refractivity contribution in [2.45, 2.75) is 20.8 Å². The molecule has 1 amide bonds. The first-order chi connectivity index (χ1) is 13.3. The number of ketones is 1. The van der Waals surface area contributed by atoms with E-state index >= 15 is 0 Å². The maximum absolute atomic E-state index is 12.3. The van der Waals surface area contributed by atoms with Crippen molar-refractivity contribution in [2.24, 2.45) is 0 Å². The Morgan fingerprint density at radius 3 is 2.36 bits per heavy atom. The molecule has 2 rings (SSSR count). The van der Waals surface area contributed by atoms with Gasteiger partial charge in [0.05, 0.1) is 17.9 Å². The zero-order valence-corrected chi connectivity index (χ0v) is 16.0. The van der Waals surface area contributed by atoms with Gasteiger partial charge in [-0.05, 0) is 38.5 Å². The summed E-state index contributed by atoms with van der Waals surface area (Å²) in [5.41, 5.74) is 1.83. The lowest BCUT2D eigenvalue weighted by molar-refractivity contribution is -0.141. The third-order valence-electron chi connectivity index (χ3n) is 3.99. The van der Waals surface area contributed by atoms with Crippen molar-refractivity contribution in [1.29, 1.82) is 0 Å². The summed E-state index contributed by atoms with van der Waals surface area (Å²) in [5.74, 6) is -2.17. The highest BCUT2D eigenvalue weighted by Gasteiger charge is 2.23. The molecule has 0 fully saturated rings. The molecule has 0 spiro atoms. The van der Waals surface area contributed by atoms with Crippen LogP contribution in [0.5, 0.6) is 0 Å². The summed E-state index contributed by atoms with van der Waals surface area (Å²) in [7, 11) is 0. The Hall–Kier alpha value is -3.42. The minimum absolute atomic E-state index is 0.182. The lowest BCUT2D eigenvalue weighted by Crippen LogP contribution is -2.31. The molecule has 8 nitrogen and oxygen atoms in total. The van der Waals surface area contributed by atoms with Crippen LogP contribution in [-0.2, 0) is 14.3 Å². The molecule has 28 heavy (non-hydrogen) atoms. The first kappa shape index (κ1) is 20.9. The molecule has 0 unspecified atom stereocenters. The second-order valence-electron chi connectivity index (χ2n) is 5.98. The number of carbonyl (C=O) groups is 4. The van der Waals surface area contributed by atoms with Crippen LogP contribution in [0.3, 0.4) is 0 Å². The Morgan fingerprint density at radius 1 is 1.04 bits per heavy atom. The number of aryl methyl sites for hydroxylation is 1. The fourth-order valence-corrected chi connectivity index (χ4v) is 2.65. The summed E-state index contributed by atoms with van der Waals surface area (Å²) in [6.07, 6.45) is 0. The normalized spacial score (nSPS) is 10.2. The number of hydrogen-bond acceptors (Lipinski definition) is 6. The van der Waals surface area contributed by atoms with Crippen molar-refractivity contribution in [3.8, 4) is 0 Å². The van der Waals surface area contributed by atoms with Crippen LogP contribution in [0.25, 0.3) is 0 Å². The van der Waals surface area contributed by atoms with Gasteiger partial charge in [-0.25, -0.2) is 4.79 Å². The van der Waals surface area contributed by atoms with E-state index in [0.717, 1.165) is 0 Å². The molecular weight excluding hydrogens is 364 g/mol. The Balaban J connectivity index is 1.90. The number of Topliss-reactive ketones (excluding diaryl/α,β-unsaturated/α-hetero) is 1. The van der Waals surface area contributed by atoms with Crippen LogP contribution in [-0.4, -0.2) is 48.4 Å². The van der Waals surface area contributed by atoms with Crippen molar-refractivity contribution in [3.05, 3.63) is 58.4 Å². The Kier molecular flexibility index (Phi) is 7.08. The zero-order chi connectivity index (χ0) is 20.7. The number of nitrogens with one attached hydrogen (secondary N) is 2. The molecule has 8 heteroatoms. The van der Waals surface area contributed by atoms with Crippen LogP contribution >= 0.6 is 0 Å². The summed E-state index contributed by atoms with van der Waals surface area (Å²) in [6.45, 7) is 4.31. The van der Waals surface area contributed by atoms with Crippen molar-refractivity contribution < 1.29 is 28.7 Å². The van der Waals surface area contributed by atoms with E-state index in [1.807, 2.05) is 0 Å². The smallest absolute Gasteiger partial charge is 0.340 e. The third kappa shape index (κ3) is 5.06. The van der Waals surface area contributed by atoms with Crippen molar-refractivity contribution >= 4 is 23.6 Å². The highest BCUT2D eigenvalue weighted by molar-refractivity contribution is 6.02. The summed E-state index contributed by atoms with van der Waals surface area (Å²) in [4.78, 5) is 50.8. The van der Waals surface area contributed by atoms with E-state index in [4.69, 9.17) is 9.47 Å². The number of aromatic nitrogens is 1. The molecule has 1 heterocycles. The highest BCUT2D eigenvalue weighted by Crippen LogP contribution is 2.19. The van der Waals surface area contributed by atoms with Gasteiger partial charge in [-0.2, -0.15) is 0 Å². The average Bonchev–Trinajstić information content (AvgIpc) is 2.99. The maximum Gasteiger partial charge on any atom is 0.340 e. The van der Waals surface area contributed by atoms with Gasteiger partial charge in [0.1, 0.15) is 6.54 Å². The molecule has 0 bridgehead atoms. The van der Waals surface area contributed by atoms with Gasteiger partial charge in [-0.3, -0.25) is 14.4 Å². The molecule has 0 saturated carbocycles. The third-order valence-corrected chi connectivity index (χ3v) is 3.99. The highest BCUT2D eigenvalue weighted by atomic mass is 16.5. The summed E-state index contributed by atoms with van der Waals surface area (Å²) in [5, 5.41) is 2.42. The number of aromatic amines is 1. The predicted octanol–water partition coefficient (Wildman–Crippen LogP) is 1.96. The topological polar surface area (TPSA) is 115 Å². The number of hydrogen-bond donors (Lipinski definition) is 2. The van der Waals surface area contributed by atoms with E-state index in [1.165, 1.54) is 0 Å². The minimum Gasteiger partial charge on any atom is -0.462 e. The maximum atomic E-state index is 12.3. The van der Waals surface area contributed by atoms with Gasteiger partial charge in [0, 0.05) is 11.3 Å². The SMILES string of the molecule is CCOC(=O)c1c(C)[nH]c(C(=O)COC(=O)CNC(=O)c2ccccc2)c1C. The van der Waals surface area contributed by atoms with Gasteiger partial charge in [0.15, 0.2) is 6.61 Å². The number of carbonyl (C=O) groups excluding carboxylic acids is 4. The second-order valence-corrected chi connectivity index (χ2v) is 5.98. The number of benzene rings is 1. The van der Waals surface area contributed by atoms with E-state index in [0.29, 0.717) is 22.4 Å². The van der Waals surface area contributed by atoms with Crippen molar-refractivity contribution in [1.82, 2.24) is 10.3 Å². The number of amides is 1. The van der Waals surface area contributed by atoms with Crippen LogP contribution < -0.4 is 5.32 Å². The molecule has 148 valence electrons. The summed E-state index contributed by atoms with van der Waals surface area (Å²) >= 11 is 0. The van der Waals surface area contributed by atoms with Crippen LogP contribution in [0.4, 0.5) is 0 Å². The molecular formula is C20H22N2O6. The average molecular weight is 386 g/mol. The Morgan fingerprint density at radius 2 is 1.71 bits per heavy atom. The first-order valence-electron chi connectivity index (χ1n) is 8.73. The standard InChI is InChI=1S/C20H22N2O6/c1-4-27-20(26)17-12(2)18(22-13(17)3)15(23)11-28-16(24)10-21-19(25)14-8-6-5-7-9-14/h5-9,22H,4,10-11H2,1-3H3,(H,21,25). The molecule has 1 aromatic carbocycles. The molecule has 0 saturated heterocycles. The van der Waals surface area contributed by atoms with E-state index < -0.39 is 30.2 Å². The molecule has 2 aromatic rings. The van der Waals surface area contributed by atoms with E-state index in [-0.39, 0.29) is 18.8 Å². The lowest BCUT2D eigenvalue weighted by Gasteiger charge is -2.06. The van der Waals surface area contributed by atoms with Gasteiger partial charge in [0.25, 0.3) is 5.91 Å². The molecule has 0 radical (unpaired) electrons. The summed E-state index contributed by atoms with van der Waals surface area (Å²) < 4.78 is 9.89. The van der Waals surface area contributed by atoms with E-state index in [9.17, 15) is 19.2 Å². The fraction of sp³-hybridized carbons (Fsp3) is 0.300. The Bertz CT molecular complexity index is 886. The zero-order valence-electron chi connectivity index (χ0n) is 16.0. The van der Waals surface area contributed by atoms with Gasteiger partial charge < -0.3 is 19.8 Å². The monoisotopic (exact) mass is 386 g/mol. The largest absolute Gasteiger partial charge is 0.462 e. The number of H-pyrrole nitrogens is 1. The molecule has 0 aliphatic rings. The predicted molar refractivity (Wildman–Crippen MR) is 100 cm³/mol. The van der Waals surface area contributed by atoms with E-state index in [2.05, 4.69) is 10.3 Å². The van der Waals surface area contributed by atoms with Crippen LogP contribution in [0.15, 0.2) is 30.3 Å². The van der Waals surface area contributed by atoms with Crippen LogP contribution in [0.2, 0.25) is 0 Å². The van der Waals surface area contributed by atoms with Gasteiger partial charge >= 0.3 is 11.9 Å². The quantitative estimate of drug-likeness (QED) is 0.529. The van der Waals surface area contributed by atoms with Gasteiger partial charge in [-0.1, -0.05) is 18.2 Å². The van der Waals surface area contributed by atoms with Crippen molar-refractivity contribution in [3.63, 3.8) is 0 Å². The van der Waals surface area contributed by atoms with Gasteiger partial charge in [-0.15, -0.1) is 0 Å².